The Morgan fingerprint density at radius 3 is 2.33 bits per heavy atom. The van der Waals surface area contributed by atoms with Crippen molar-refractivity contribution < 1.29 is 32.6 Å². The molecule has 0 saturated carbocycles. The number of hydrogen-bond acceptors (Lipinski definition) is 9. The van der Waals surface area contributed by atoms with Crippen LogP contribution >= 0.6 is 0 Å². The number of aliphatic hydroxyl groups excluding tert-OH is 1. The molecule has 1 saturated heterocycles. The highest BCUT2D eigenvalue weighted by Gasteiger charge is 2.41. The second-order valence-corrected chi connectivity index (χ2v) is 6.58. The van der Waals surface area contributed by atoms with Gasteiger partial charge in [-0.05, 0) is 0 Å². The van der Waals surface area contributed by atoms with Crippen molar-refractivity contribution in [2.24, 2.45) is 0 Å². The first-order chi connectivity index (χ1) is 9.80. The third-order valence-electron chi connectivity index (χ3n) is 3.06. The van der Waals surface area contributed by atoms with Gasteiger partial charge in [-0.3, -0.25) is 0 Å². The average Bonchev–Trinajstić information content (AvgIpc) is 2.97. The van der Waals surface area contributed by atoms with Gasteiger partial charge in [-0.1, -0.05) is 5.21 Å². The van der Waals surface area contributed by atoms with Crippen molar-refractivity contribution >= 4 is 21.8 Å². The minimum atomic E-state index is -3.47. The van der Waals surface area contributed by atoms with E-state index in [0.29, 0.717) is 0 Å². The van der Waals surface area contributed by atoms with Gasteiger partial charge < -0.3 is 14.6 Å². The van der Waals surface area contributed by atoms with E-state index in [2.05, 4.69) is 19.8 Å². The number of sulfone groups is 1. The lowest BCUT2D eigenvalue weighted by atomic mass is 10.2. The zero-order chi connectivity index (χ0) is 15.8. The molecule has 1 aromatic rings. The summed E-state index contributed by atoms with van der Waals surface area (Å²) in [5.41, 5.74) is -0.758. The maximum absolute atomic E-state index is 11.8. The third-order valence-corrected chi connectivity index (χ3v) is 4.76. The highest BCUT2D eigenvalue weighted by atomic mass is 32.2. The SMILES string of the molecule is COC(=O)c1nnn([C@@H]2CS(=O)(=O)C[C@H]2O)c1C(=O)OC. The fourth-order valence-electron chi connectivity index (χ4n) is 2.09. The van der Waals surface area contributed by atoms with E-state index in [4.69, 9.17) is 0 Å². The van der Waals surface area contributed by atoms with Gasteiger partial charge in [0.05, 0.1) is 37.9 Å². The number of esters is 2. The van der Waals surface area contributed by atoms with E-state index in [0.717, 1.165) is 18.9 Å². The molecule has 1 aliphatic heterocycles. The highest BCUT2D eigenvalue weighted by molar-refractivity contribution is 7.91. The van der Waals surface area contributed by atoms with Gasteiger partial charge in [-0.2, -0.15) is 0 Å². The van der Waals surface area contributed by atoms with Crippen LogP contribution in [0, 0.1) is 0 Å². The number of aliphatic hydroxyl groups is 1. The first-order valence-electron chi connectivity index (χ1n) is 5.81. The van der Waals surface area contributed by atoms with Crippen molar-refractivity contribution in [1.29, 1.82) is 0 Å². The van der Waals surface area contributed by atoms with Gasteiger partial charge in [0.2, 0.25) is 5.69 Å². The molecule has 0 aromatic carbocycles. The molecule has 116 valence electrons. The summed E-state index contributed by atoms with van der Waals surface area (Å²) in [7, 11) is -1.29. The summed E-state index contributed by atoms with van der Waals surface area (Å²) in [6, 6.07) is -1.02. The Morgan fingerprint density at radius 2 is 1.86 bits per heavy atom. The molecule has 10 nitrogen and oxygen atoms in total. The molecule has 0 bridgehead atoms. The second kappa shape index (κ2) is 5.41. The van der Waals surface area contributed by atoms with Crippen LogP contribution in [0.4, 0.5) is 0 Å². The van der Waals surface area contributed by atoms with Gasteiger partial charge in [0.1, 0.15) is 0 Å². The summed E-state index contributed by atoms with van der Waals surface area (Å²) >= 11 is 0. The molecule has 0 spiro atoms. The van der Waals surface area contributed by atoms with Crippen molar-refractivity contribution in [3.8, 4) is 0 Å². The minimum absolute atomic E-state index is 0.356. The van der Waals surface area contributed by atoms with Gasteiger partial charge in [0.25, 0.3) is 0 Å². The smallest absolute Gasteiger partial charge is 0.361 e. The van der Waals surface area contributed by atoms with E-state index < -0.39 is 51.1 Å². The maximum atomic E-state index is 11.8. The van der Waals surface area contributed by atoms with Crippen molar-refractivity contribution in [3.05, 3.63) is 11.4 Å². The van der Waals surface area contributed by atoms with Gasteiger partial charge in [0.15, 0.2) is 15.5 Å². The van der Waals surface area contributed by atoms with Crippen LogP contribution in [0.5, 0.6) is 0 Å². The lowest BCUT2D eigenvalue weighted by molar-refractivity contribution is 0.0536. The third kappa shape index (κ3) is 2.74. The predicted octanol–water partition coefficient (Wildman–Crippen LogP) is -1.82. The van der Waals surface area contributed by atoms with Crippen molar-refractivity contribution in [2.45, 2.75) is 12.1 Å². The van der Waals surface area contributed by atoms with Gasteiger partial charge in [0, 0.05) is 0 Å². The Kier molecular flexibility index (Phi) is 3.96. The fraction of sp³-hybridized carbons (Fsp3) is 0.600. The normalized spacial score (nSPS) is 23.8. The van der Waals surface area contributed by atoms with E-state index in [1.165, 1.54) is 0 Å². The van der Waals surface area contributed by atoms with E-state index >= 15 is 0 Å². The van der Waals surface area contributed by atoms with Crippen LogP contribution in [-0.4, -0.2) is 72.3 Å². The zero-order valence-corrected chi connectivity index (χ0v) is 12.0. The van der Waals surface area contributed by atoms with Crippen molar-refractivity contribution in [2.75, 3.05) is 25.7 Å². The second-order valence-electron chi connectivity index (χ2n) is 4.43. The molecule has 1 aromatic heterocycles. The first kappa shape index (κ1) is 15.4. The molecule has 21 heavy (non-hydrogen) atoms. The first-order valence-corrected chi connectivity index (χ1v) is 7.63. The predicted molar refractivity (Wildman–Crippen MR) is 66.4 cm³/mol. The fourth-order valence-corrected chi connectivity index (χ4v) is 3.85. The Labute approximate surface area is 119 Å². The Morgan fingerprint density at radius 1 is 1.24 bits per heavy atom. The molecule has 2 rings (SSSR count). The number of ether oxygens (including phenoxy) is 2. The standard InChI is InChI=1S/C10H13N3O7S/c1-19-9(15)7-8(10(16)20-2)13(12-11-7)5-3-21(17,18)4-6(5)14/h5-6,14H,3-4H2,1-2H3/t5-,6-/m1/s1. The summed E-state index contributed by atoms with van der Waals surface area (Å²) < 4.78 is 33.0. The van der Waals surface area contributed by atoms with E-state index in [9.17, 15) is 23.1 Å². The van der Waals surface area contributed by atoms with Crippen LogP contribution in [0.2, 0.25) is 0 Å². The number of hydrogen-bond donors (Lipinski definition) is 1. The van der Waals surface area contributed by atoms with Crippen molar-refractivity contribution in [3.63, 3.8) is 0 Å². The molecule has 0 amide bonds. The number of nitrogens with zero attached hydrogens (tertiary/aromatic N) is 3. The summed E-state index contributed by atoms with van der Waals surface area (Å²) in [4.78, 5) is 23.4. The van der Waals surface area contributed by atoms with Crippen molar-refractivity contribution in [1.82, 2.24) is 15.0 Å². The maximum Gasteiger partial charge on any atom is 0.361 e. The molecule has 11 heteroatoms. The van der Waals surface area contributed by atoms with Crippen LogP contribution in [0.1, 0.15) is 27.0 Å². The summed E-state index contributed by atoms with van der Waals surface area (Å²) in [5, 5.41) is 16.9. The summed E-state index contributed by atoms with van der Waals surface area (Å²) in [5.74, 6) is -2.72. The Balaban J connectivity index is 2.52. The van der Waals surface area contributed by atoms with Crippen LogP contribution in [0.15, 0.2) is 0 Å². The number of rotatable bonds is 3. The topological polar surface area (TPSA) is 138 Å². The largest absolute Gasteiger partial charge is 0.464 e. The number of aromatic nitrogens is 3. The number of carbonyl (C=O) groups is 2. The number of carbonyl (C=O) groups excluding carboxylic acids is 2. The molecule has 0 aliphatic carbocycles. The summed E-state index contributed by atoms with van der Waals surface area (Å²) in [6.07, 6.45) is -1.26. The molecule has 1 aliphatic rings. The van der Waals surface area contributed by atoms with Crippen LogP contribution < -0.4 is 0 Å². The Bertz CT molecular complexity index is 681. The van der Waals surface area contributed by atoms with E-state index in [1.807, 2.05) is 0 Å². The minimum Gasteiger partial charge on any atom is -0.464 e. The van der Waals surface area contributed by atoms with Gasteiger partial charge in [-0.25, -0.2) is 22.7 Å². The molecular weight excluding hydrogens is 306 g/mol. The number of methoxy groups -OCH3 is 2. The average molecular weight is 319 g/mol. The molecular formula is C10H13N3O7S. The molecule has 1 N–H and O–H groups in total. The van der Waals surface area contributed by atoms with Crippen LogP contribution in [-0.2, 0) is 19.3 Å². The lowest BCUT2D eigenvalue weighted by Gasteiger charge is -2.14. The molecule has 0 unspecified atom stereocenters. The molecule has 2 atom stereocenters. The van der Waals surface area contributed by atoms with Crippen LogP contribution in [0.25, 0.3) is 0 Å². The highest BCUT2D eigenvalue weighted by Crippen LogP contribution is 2.26. The molecule has 0 radical (unpaired) electrons. The molecule has 1 fully saturated rings. The quantitative estimate of drug-likeness (QED) is 0.638. The van der Waals surface area contributed by atoms with E-state index in [-0.39, 0.29) is 5.69 Å². The van der Waals surface area contributed by atoms with Gasteiger partial charge in [-0.15, -0.1) is 5.10 Å². The lowest BCUT2D eigenvalue weighted by Crippen LogP contribution is -2.27. The molecule has 2 heterocycles. The van der Waals surface area contributed by atoms with Gasteiger partial charge >= 0.3 is 11.9 Å². The zero-order valence-electron chi connectivity index (χ0n) is 11.2. The van der Waals surface area contributed by atoms with Crippen LogP contribution in [0.3, 0.4) is 0 Å². The Hall–Kier alpha value is -2.01. The summed E-state index contributed by atoms with van der Waals surface area (Å²) in [6.45, 7) is 0. The monoisotopic (exact) mass is 319 g/mol. The van der Waals surface area contributed by atoms with E-state index in [1.54, 1.807) is 0 Å².